The zero-order valence-corrected chi connectivity index (χ0v) is 10.2. The second-order valence-corrected chi connectivity index (χ2v) is 5.69. The molecular weight excluding hydrogens is 248 g/mol. The SMILES string of the molecule is O=C1CCC(C(=O)OCCCS(=O)(=O)O)CC1. The molecule has 0 atom stereocenters. The van der Waals surface area contributed by atoms with Crippen molar-refractivity contribution in [1.29, 1.82) is 0 Å². The summed E-state index contributed by atoms with van der Waals surface area (Å²) in [7, 11) is -3.99. The van der Waals surface area contributed by atoms with E-state index in [4.69, 9.17) is 9.29 Å². The zero-order chi connectivity index (χ0) is 12.9. The Bertz CT molecular complexity index is 376. The van der Waals surface area contributed by atoms with Crippen LogP contribution in [0.4, 0.5) is 0 Å². The lowest BCUT2D eigenvalue weighted by Crippen LogP contribution is -2.24. The molecule has 6 nitrogen and oxygen atoms in total. The molecule has 1 fully saturated rings. The molecule has 0 aromatic heterocycles. The van der Waals surface area contributed by atoms with Crippen LogP contribution in [0.1, 0.15) is 32.1 Å². The van der Waals surface area contributed by atoms with Crippen LogP contribution < -0.4 is 0 Å². The van der Waals surface area contributed by atoms with Crippen LogP contribution in [0, 0.1) is 5.92 Å². The van der Waals surface area contributed by atoms with Gasteiger partial charge in [0.05, 0.1) is 18.3 Å². The average molecular weight is 264 g/mol. The number of esters is 1. The van der Waals surface area contributed by atoms with Gasteiger partial charge in [-0.25, -0.2) is 0 Å². The molecule has 1 aliphatic rings. The van der Waals surface area contributed by atoms with Crippen LogP contribution in [0.15, 0.2) is 0 Å². The largest absolute Gasteiger partial charge is 0.465 e. The summed E-state index contributed by atoms with van der Waals surface area (Å²) in [5.41, 5.74) is 0. The van der Waals surface area contributed by atoms with Gasteiger partial charge in [0.1, 0.15) is 5.78 Å². The van der Waals surface area contributed by atoms with E-state index < -0.39 is 15.9 Å². The maximum absolute atomic E-state index is 11.5. The highest BCUT2D eigenvalue weighted by atomic mass is 32.2. The minimum Gasteiger partial charge on any atom is -0.465 e. The first-order valence-electron chi connectivity index (χ1n) is 5.52. The van der Waals surface area contributed by atoms with Gasteiger partial charge in [-0.3, -0.25) is 14.1 Å². The van der Waals surface area contributed by atoms with Gasteiger partial charge >= 0.3 is 5.97 Å². The number of carbonyl (C=O) groups is 2. The topological polar surface area (TPSA) is 97.7 Å². The maximum atomic E-state index is 11.5. The summed E-state index contributed by atoms with van der Waals surface area (Å²) >= 11 is 0. The first-order valence-corrected chi connectivity index (χ1v) is 7.13. The monoisotopic (exact) mass is 264 g/mol. The summed E-state index contributed by atoms with van der Waals surface area (Å²) < 4.78 is 34.1. The lowest BCUT2D eigenvalue weighted by atomic mass is 9.88. The van der Waals surface area contributed by atoms with Crippen molar-refractivity contribution >= 4 is 21.9 Å². The molecule has 1 aliphatic carbocycles. The van der Waals surface area contributed by atoms with E-state index in [1.165, 1.54) is 0 Å². The van der Waals surface area contributed by atoms with E-state index in [2.05, 4.69) is 0 Å². The van der Waals surface area contributed by atoms with Crippen molar-refractivity contribution in [3.63, 3.8) is 0 Å². The molecule has 7 heteroatoms. The Morgan fingerprint density at radius 3 is 2.47 bits per heavy atom. The van der Waals surface area contributed by atoms with E-state index in [1.54, 1.807) is 0 Å². The number of hydrogen-bond acceptors (Lipinski definition) is 5. The fraction of sp³-hybridized carbons (Fsp3) is 0.800. The van der Waals surface area contributed by atoms with Gasteiger partial charge in [-0.2, -0.15) is 8.42 Å². The molecule has 0 aromatic carbocycles. The molecule has 1 N–H and O–H groups in total. The Labute approximate surface area is 100 Å². The number of hydrogen-bond donors (Lipinski definition) is 1. The van der Waals surface area contributed by atoms with Crippen LogP contribution in [0.5, 0.6) is 0 Å². The molecule has 1 saturated carbocycles. The summed E-state index contributed by atoms with van der Waals surface area (Å²) in [6.45, 7) is -0.0247. The Morgan fingerprint density at radius 2 is 1.94 bits per heavy atom. The van der Waals surface area contributed by atoms with Crippen LogP contribution in [0.25, 0.3) is 0 Å². The van der Waals surface area contributed by atoms with Gasteiger partial charge < -0.3 is 4.74 Å². The van der Waals surface area contributed by atoms with Crippen molar-refractivity contribution in [2.45, 2.75) is 32.1 Å². The summed E-state index contributed by atoms with van der Waals surface area (Å²) in [6, 6.07) is 0. The minimum absolute atomic E-state index is 0.0247. The van der Waals surface area contributed by atoms with Gasteiger partial charge in [0, 0.05) is 12.8 Å². The summed E-state index contributed by atoms with van der Waals surface area (Å²) in [5.74, 6) is -0.879. The highest BCUT2D eigenvalue weighted by molar-refractivity contribution is 7.85. The summed E-state index contributed by atoms with van der Waals surface area (Å²) in [6.07, 6.45) is 1.91. The highest BCUT2D eigenvalue weighted by Gasteiger charge is 2.25. The van der Waals surface area contributed by atoms with Crippen molar-refractivity contribution in [1.82, 2.24) is 0 Å². The number of Topliss-reactive ketones (excluding diaryl/α,β-unsaturated/α-hetero) is 1. The number of ketones is 1. The number of rotatable bonds is 5. The normalized spacial score (nSPS) is 18.1. The highest BCUT2D eigenvalue weighted by Crippen LogP contribution is 2.22. The number of ether oxygens (including phenoxy) is 1. The van der Waals surface area contributed by atoms with Crippen LogP contribution in [-0.2, 0) is 24.4 Å². The van der Waals surface area contributed by atoms with Crippen molar-refractivity contribution in [3.8, 4) is 0 Å². The summed E-state index contributed by atoms with van der Waals surface area (Å²) in [5, 5.41) is 0. The molecule has 0 unspecified atom stereocenters. The fourth-order valence-corrected chi connectivity index (χ4v) is 2.19. The molecule has 0 saturated heterocycles. The third kappa shape index (κ3) is 5.78. The lowest BCUT2D eigenvalue weighted by Gasteiger charge is -2.19. The smallest absolute Gasteiger partial charge is 0.308 e. The fourth-order valence-electron chi connectivity index (χ4n) is 1.71. The van der Waals surface area contributed by atoms with E-state index in [0.29, 0.717) is 25.7 Å². The van der Waals surface area contributed by atoms with Gasteiger partial charge in [0.15, 0.2) is 0 Å². The second-order valence-electron chi connectivity index (χ2n) is 4.12. The van der Waals surface area contributed by atoms with Crippen molar-refractivity contribution < 1.29 is 27.3 Å². The molecule has 0 amide bonds. The van der Waals surface area contributed by atoms with Gasteiger partial charge in [-0.1, -0.05) is 0 Å². The average Bonchev–Trinajstić information content (AvgIpc) is 2.24. The van der Waals surface area contributed by atoms with Crippen LogP contribution >= 0.6 is 0 Å². The predicted molar refractivity (Wildman–Crippen MR) is 59.0 cm³/mol. The van der Waals surface area contributed by atoms with Crippen molar-refractivity contribution in [2.75, 3.05) is 12.4 Å². The predicted octanol–water partition coefficient (Wildman–Crippen LogP) is 0.567. The molecule has 0 heterocycles. The Hall–Kier alpha value is -0.950. The van der Waals surface area contributed by atoms with E-state index in [0.717, 1.165) is 0 Å². The third-order valence-corrected chi connectivity index (χ3v) is 3.47. The van der Waals surface area contributed by atoms with E-state index in [-0.39, 0.29) is 30.7 Å². The first-order chi connectivity index (χ1) is 7.88. The van der Waals surface area contributed by atoms with Gasteiger partial charge in [-0.15, -0.1) is 0 Å². The Morgan fingerprint density at radius 1 is 1.35 bits per heavy atom. The van der Waals surface area contributed by atoms with E-state index in [1.807, 2.05) is 0 Å². The van der Waals surface area contributed by atoms with Gasteiger partial charge in [0.2, 0.25) is 0 Å². The Balaban J connectivity index is 2.19. The molecule has 0 bridgehead atoms. The third-order valence-electron chi connectivity index (χ3n) is 2.67. The van der Waals surface area contributed by atoms with E-state index >= 15 is 0 Å². The standard InChI is InChI=1S/C10H16O6S/c11-9-4-2-8(3-5-9)10(12)16-6-1-7-17(13,14)15/h8H,1-7H2,(H,13,14,15). The minimum atomic E-state index is -3.99. The van der Waals surface area contributed by atoms with Gasteiger partial charge in [0.25, 0.3) is 10.1 Å². The quantitative estimate of drug-likeness (QED) is 0.443. The van der Waals surface area contributed by atoms with Crippen LogP contribution in [-0.4, -0.2) is 37.1 Å². The molecule has 17 heavy (non-hydrogen) atoms. The van der Waals surface area contributed by atoms with Gasteiger partial charge in [-0.05, 0) is 19.3 Å². The molecule has 0 spiro atoms. The molecule has 98 valence electrons. The lowest BCUT2D eigenvalue weighted by molar-refractivity contribution is -0.150. The van der Waals surface area contributed by atoms with Crippen molar-refractivity contribution in [3.05, 3.63) is 0 Å². The maximum Gasteiger partial charge on any atom is 0.308 e. The van der Waals surface area contributed by atoms with Crippen LogP contribution in [0.3, 0.4) is 0 Å². The molecule has 0 aliphatic heterocycles. The van der Waals surface area contributed by atoms with Crippen molar-refractivity contribution in [2.24, 2.45) is 5.92 Å². The Kier molecular flexibility index (Phi) is 5.07. The second kappa shape index (κ2) is 6.11. The molecule has 1 rings (SSSR count). The zero-order valence-electron chi connectivity index (χ0n) is 9.42. The molecule has 0 aromatic rings. The molecular formula is C10H16O6S. The summed E-state index contributed by atoms with van der Waals surface area (Å²) in [4.78, 5) is 22.4. The van der Waals surface area contributed by atoms with Crippen LogP contribution in [0.2, 0.25) is 0 Å². The van der Waals surface area contributed by atoms with E-state index in [9.17, 15) is 18.0 Å². The molecule has 0 radical (unpaired) electrons. The number of carbonyl (C=O) groups excluding carboxylic acids is 2. The first kappa shape index (κ1) is 14.1.